The van der Waals surface area contributed by atoms with E-state index in [-0.39, 0.29) is 12.1 Å². The standard InChI is InChI=1S/C8H11ClN2O/c1-10-8(9)7-4-11-3-2-6(7)5-12/h2-4,8,10,12H,5H2,1H3. The third-order valence-corrected chi connectivity index (χ3v) is 2.10. The predicted octanol–water partition coefficient (Wildman–Crippen LogP) is 1.03. The largest absolute Gasteiger partial charge is 0.392 e. The summed E-state index contributed by atoms with van der Waals surface area (Å²) in [5, 5.41) is 11.8. The van der Waals surface area contributed by atoms with Crippen LogP contribution in [0.3, 0.4) is 0 Å². The van der Waals surface area contributed by atoms with Gasteiger partial charge in [-0.1, -0.05) is 0 Å². The van der Waals surface area contributed by atoms with Crippen molar-refractivity contribution in [1.82, 2.24) is 10.3 Å². The molecule has 0 saturated heterocycles. The first-order valence-corrected chi connectivity index (χ1v) is 4.08. The fourth-order valence-corrected chi connectivity index (χ4v) is 1.16. The van der Waals surface area contributed by atoms with E-state index in [0.29, 0.717) is 0 Å². The number of halogens is 1. The number of alkyl halides is 1. The van der Waals surface area contributed by atoms with Crippen LogP contribution in [0.1, 0.15) is 16.6 Å². The van der Waals surface area contributed by atoms with Gasteiger partial charge in [0.1, 0.15) is 5.50 Å². The zero-order valence-electron chi connectivity index (χ0n) is 6.79. The van der Waals surface area contributed by atoms with Crippen molar-refractivity contribution >= 4 is 11.6 Å². The number of pyridine rings is 1. The van der Waals surface area contributed by atoms with Gasteiger partial charge in [-0.15, -0.1) is 11.6 Å². The van der Waals surface area contributed by atoms with Gasteiger partial charge in [0.05, 0.1) is 6.61 Å². The Bertz CT molecular complexity index is 255. The van der Waals surface area contributed by atoms with Crippen LogP contribution in [-0.2, 0) is 6.61 Å². The van der Waals surface area contributed by atoms with Gasteiger partial charge in [-0.3, -0.25) is 4.98 Å². The minimum atomic E-state index is -0.291. The highest BCUT2D eigenvalue weighted by Gasteiger charge is 2.08. The Kier molecular flexibility index (Phi) is 3.47. The lowest BCUT2D eigenvalue weighted by Gasteiger charge is -2.11. The molecule has 0 aromatic carbocycles. The summed E-state index contributed by atoms with van der Waals surface area (Å²) < 4.78 is 0. The molecule has 2 N–H and O–H groups in total. The molecule has 1 unspecified atom stereocenters. The number of hydrogen-bond donors (Lipinski definition) is 2. The number of aromatic nitrogens is 1. The average Bonchev–Trinajstić information content (AvgIpc) is 2.16. The number of aliphatic hydroxyl groups is 1. The summed E-state index contributed by atoms with van der Waals surface area (Å²) in [6.45, 7) is -0.0112. The molecule has 12 heavy (non-hydrogen) atoms. The second kappa shape index (κ2) is 4.40. The normalized spacial score (nSPS) is 12.9. The second-order valence-corrected chi connectivity index (χ2v) is 2.82. The molecular weight excluding hydrogens is 176 g/mol. The van der Waals surface area contributed by atoms with Crippen LogP contribution in [0.25, 0.3) is 0 Å². The van der Waals surface area contributed by atoms with Crippen LogP contribution >= 0.6 is 11.6 Å². The third kappa shape index (κ3) is 1.94. The zero-order valence-corrected chi connectivity index (χ0v) is 7.54. The average molecular weight is 187 g/mol. The molecule has 0 spiro atoms. The topological polar surface area (TPSA) is 45.2 Å². The Morgan fingerprint density at radius 3 is 3.08 bits per heavy atom. The molecule has 0 aliphatic rings. The van der Waals surface area contributed by atoms with Gasteiger partial charge >= 0.3 is 0 Å². The molecule has 0 bridgehead atoms. The minimum absolute atomic E-state index is 0.0112. The van der Waals surface area contributed by atoms with Crippen molar-refractivity contribution in [2.75, 3.05) is 7.05 Å². The molecule has 0 radical (unpaired) electrons. The Morgan fingerprint density at radius 2 is 2.50 bits per heavy atom. The number of aliphatic hydroxyl groups excluding tert-OH is 1. The van der Waals surface area contributed by atoms with Crippen LogP contribution in [0, 0.1) is 0 Å². The number of nitrogens with zero attached hydrogens (tertiary/aromatic N) is 1. The first-order chi connectivity index (χ1) is 5.79. The zero-order chi connectivity index (χ0) is 8.97. The lowest BCUT2D eigenvalue weighted by molar-refractivity contribution is 0.280. The van der Waals surface area contributed by atoms with E-state index in [4.69, 9.17) is 16.7 Å². The van der Waals surface area contributed by atoms with E-state index in [2.05, 4.69) is 10.3 Å². The van der Waals surface area contributed by atoms with Gasteiger partial charge in [-0.05, 0) is 18.7 Å². The van der Waals surface area contributed by atoms with Crippen molar-refractivity contribution in [1.29, 1.82) is 0 Å². The molecule has 0 saturated carbocycles. The second-order valence-electron chi connectivity index (χ2n) is 2.38. The van der Waals surface area contributed by atoms with Gasteiger partial charge in [0.15, 0.2) is 0 Å². The summed E-state index contributed by atoms with van der Waals surface area (Å²) in [6.07, 6.45) is 3.29. The molecule has 0 amide bonds. The maximum Gasteiger partial charge on any atom is 0.110 e. The van der Waals surface area contributed by atoms with Crippen molar-refractivity contribution in [2.24, 2.45) is 0 Å². The predicted molar refractivity (Wildman–Crippen MR) is 47.8 cm³/mol. The molecule has 1 rings (SSSR count). The summed E-state index contributed by atoms with van der Waals surface area (Å²) in [6, 6.07) is 1.75. The fraction of sp³-hybridized carbons (Fsp3) is 0.375. The molecule has 4 heteroatoms. The van der Waals surface area contributed by atoms with E-state index in [9.17, 15) is 0 Å². The monoisotopic (exact) mass is 186 g/mol. The van der Waals surface area contributed by atoms with Gasteiger partial charge in [-0.2, -0.15) is 0 Å². The van der Waals surface area contributed by atoms with Crippen LogP contribution in [0.5, 0.6) is 0 Å². The molecule has 3 nitrogen and oxygen atoms in total. The number of nitrogens with one attached hydrogen (secondary N) is 1. The van der Waals surface area contributed by atoms with E-state index in [1.165, 1.54) is 0 Å². The Balaban J connectivity index is 2.96. The van der Waals surface area contributed by atoms with Gasteiger partial charge in [-0.25, -0.2) is 0 Å². The van der Waals surface area contributed by atoms with Crippen molar-refractivity contribution < 1.29 is 5.11 Å². The van der Waals surface area contributed by atoms with Crippen molar-refractivity contribution in [3.63, 3.8) is 0 Å². The molecule has 0 aliphatic heterocycles. The highest BCUT2D eigenvalue weighted by atomic mass is 35.5. The van der Waals surface area contributed by atoms with E-state index < -0.39 is 0 Å². The summed E-state index contributed by atoms with van der Waals surface area (Å²) >= 11 is 5.91. The molecule has 0 fully saturated rings. The number of rotatable bonds is 3. The van der Waals surface area contributed by atoms with Crippen LogP contribution in [-0.4, -0.2) is 17.1 Å². The minimum Gasteiger partial charge on any atom is -0.392 e. The highest BCUT2D eigenvalue weighted by Crippen LogP contribution is 2.19. The van der Waals surface area contributed by atoms with Crippen molar-refractivity contribution in [2.45, 2.75) is 12.1 Å². The van der Waals surface area contributed by atoms with Crippen molar-refractivity contribution in [3.8, 4) is 0 Å². The lowest BCUT2D eigenvalue weighted by Crippen LogP contribution is -2.12. The lowest BCUT2D eigenvalue weighted by atomic mass is 10.1. The van der Waals surface area contributed by atoms with Gasteiger partial charge in [0.25, 0.3) is 0 Å². The van der Waals surface area contributed by atoms with Crippen LogP contribution in [0.15, 0.2) is 18.5 Å². The molecule has 1 heterocycles. The molecule has 1 atom stereocenters. The summed E-state index contributed by atoms with van der Waals surface area (Å²) in [7, 11) is 1.76. The van der Waals surface area contributed by atoms with E-state index in [0.717, 1.165) is 11.1 Å². The third-order valence-electron chi connectivity index (χ3n) is 1.64. The molecular formula is C8H11ClN2O. The van der Waals surface area contributed by atoms with Crippen LogP contribution in [0.2, 0.25) is 0 Å². The van der Waals surface area contributed by atoms with Gasteiger partial charge in [0.2, 0.25) is 0 Å². The molecule has 66 valence electrons. The Hall–Kier alpha value is -0.640. The maximum atomic E-state index is 8.95. The summed E-state index contributed by atoms with van der Waals surface area (Å²) in [5.41, 5.74) is 1.34. The fourth-order valence-electron chi connectivity index (χ4n) is 0.963. The van der Waals surface area contributed by atoms with E-state index in [1.807, 2.05) is 0 Å². The summed E-state index contributed by atoms with van der Waals surface area (Å²) in [4.78, 5) is 3.93. The SMILES string of the molecule is CNC(Cl)c1cnccc1CO. The summed E-state index contributed by atoms with van der Waals surface area (Å²) in [5.74, 6) is 0. The molecule has 1 aromatic rings. The van der Waals surface area contributed by atoms with Crippen LogP contribution in [0.4, 0.5) is 0 Å². The number of hydrogen-bond acceptors (Lipinski definition) is 3. The van der Waals surface area contributed by atoms with Gasteiger partial charge < -0.3 is 10.4 Å². The molecule has 0 aliphatic carbocycles. The highest BCUT2D eigenvalue weighted by molar-refractivity contribution is 6.20. The first kappa shape index (κ1) is 9.45. The smallest absolute Gasteiger partial charge is 0.110 e. The Labute approximate surface area is 76.4 Å². The van der Waals surface area contributed by atoms with E-state index in [1.54, 1.807) is 25.5 Å². The quantitative estimate of drug-likeness (QED) is 0.548. The van der Waals surface area contributed by atoms with Crippen molar-refractivity contribution in [3.05, 3.63) is 29.6 Å². The van der Waals surface area contributed by atoms with Gasteiger partial charge in [0, 0.05) is 18.0 Å². The maximum absolute atomic E-state index is 8.95. The molecule has 1 aromatic heterocycles. The van der Waals surface area contributed by atoms with E-state index >= 15 is 0 Å². The van der Waals surface area contributed by atoms with Crippen LogP contribution < -0.4 is 5.32 Å². The first-order valence-electron chi connectivity index (χ1n) is 3.64. The Morgan fingerprint density at radius 1 is 1.75 bits per heavy atom.